The number of benzene rings is 2. The molecule has 2 heterocycles. The highest BCUT2D eigenvalue weighted by molar-refractivity contribution is 5.80. The van der Waals surface area contributed by atoms with Crippen LogP contribution < -0.4 is 10.3 Å². The van der Waals surface area contributed by atoms with Crippen molar-refractivity contribution in [1.82, 2.24) is 9.97 Å². The van der Waals surface area contributed by atoms with Crippen LogP contribution in [0.4, 0.5) is 11.6 Å². The quantitative estimate of drug-likeness (QED) is 0.538. The number of hydrogen-bond donors (Lipinski definition) is 1. The van der Waals surface area contributed by atoms with E-state index in [4.69, 9.17) is 0 Å². The van der Waals surface area contributed by atoms with E-state index in [0.29, 0.717) is 0 Å². The third-order valence-corrected chi connectivity index (χ3v) is 4.79. The fraction of sp³-hybridized carbons (Fsp3) is 0.227. The van der Waals surface area contributed by atoms with Crippen LogP contribution in [0.2, 0.25) is 0 Å². The first-order valence-electron chi connectivity index (χ1n) is 9.28. The first kappa shape index (κ1) is 17.2. The van der Waals surface area contributed by atoms with E-state index in [1.54, 1.807) is 6.33 Å². The maximum atomic E-state index is 4.51. The summed E-state index contributed by atoms with van der Waals surface area (Å²) in [6.07, 6.45) is 5.39. The predicted molar refractivity (Wildman–Crippen MR) is 110 cm³/mol. The molecule has 2 aromatic carbocycles. The molecule has 0 radical (unpaired) electrons. The van der Waals surface area contributed by atoms with Gasteiger partial charge in [0.05, 0.1) is 6.21 Å². The van der Waals surface area contributed by atoms with Crippen LogP contribution in [0.3, 0.4) is 0 Å². The molecule has 136 valence electrons. The van der Waals surface area contributed by atoms with Crippen LogP contribution in [0.15, 0.2) is 66.0 Å². The van der Waals surface area contributed by atoms with Crippen molar-refractivity contribution in [3.05, 3.63) is 83.2 Å². The topological polar surface area (TPSA) is 53.4 Å². The lowest BCUT2D eigenvalue weighted by molar-refractivity contribution is 0.804. The van der Waals surface area contributed by atoms with E-state index in [0.717, 1.165) is 48.7 Å². The fourth-order valence-corrected chi connectivity index (χ4v) is 3.40. The number of anilines is 2. The van der Waals surface area contributed by atoms with Crippen molar-refractivity contribution < 1.29 is 0 Å². The van der Waals surface area contributed by atoms with Gasteiger partial charge in [0, 0.05) is 18.7 Å². The molecule has 3 aromatic rings. The molecule has 0 unspecified atom stereocenters. The van der Waals surface area contributed by atoms with E-state index in [2.05, 4.69) is 74.8 Å². The van der Waals surface area contributed by atoms with E-state index in [9.17, 15) is 0 Å². The molecule has 0 bridgehead atoms. The Balaban J connectivity index is 1.43. The summed E-state index contributed by atoms with van der Waals surface area (Å²) in [4.78, 5) is 11.2. The van der Waals surface area contributed by atoms with Gasteiger partial charge >= 0.3 is 0 Å². The molecule has 1 aliphatic heterocycles. The van der Waals surface area contributed by atoms with E-state index in [1.807, 2.05) is 18.3 Å². The Kier molecular flexibility index (Phi) is 5.10. The van der Waals surface area contributed by atoms with Crippen LogP contribution in [-0.2, 0) is 12.8 Å². The predicted octanol–water partition coefficient (Wildman–Crippen LogP) is 3.84. The van der Waals surface area contributed by atoms with Gasteiger partial charge in [-0.1, -0.05) is 60.2 Å². The Bertz CT molecular complexity index is 936. The normalized spacial score (nSPS) is 13.1. The third-order valence-electron chi connectivity index (χ3n) is 4.79. The molecule has 0 amide bonds. The Hall–Kier alpha value is -3.21. The maximum Gasteiger partial charge on any atom is 0.154 e. The van der Waals surface area contributed by atoms with E-state index < -0.39 is 0 Å². The number of fused-ring (bicyclic) bond motifs is 1. The average Bonchev–Trinajstić information content (AvgIpc) is 3.11. The molecule has 27 heavy (non-hydrogen) atoms. The highest BCUT2D eigenvalue weighted by atomic mass is 15.3. The van der Waals surface area contributed by atoms with Crippen LogP contribution in [0.1, 0.15) is 22.3 Å². The minimum Gasteiger partial charge on any atom is -0.356 e. The van der Waals surface area contributed by atoms with Crippen LogP contribution in [-0.4, -0.2) is 29.3 Å². The van der Waals surface area contributed by atoms with Crippen molar-refractivity contribution in [2.24, 2.45) is 5.10 Å². The van der Waals surface area contributed by atoms with Gasteiger partial charge in [0.1, 0.15) is 12.1 Å². The standard InChI is InChI=1S/C22H23N5/c1-17-6-5-9-19(14-17)15-25-26-21-20-11-13-27(22(20)24-16-23-21)12-10-18-7-3-2-4-8-18/h2-9,14-16H,10-13H2,1H3,(H,23,24,26). The molecule has 0 saturated heterocycles. The Morgan fingerprint density at radius 2 is 2.00 bits per heavy atom. The lowest BCUT2D eigenvalue weighted by atomic mass is 10.1. The molecular weight excluding hydrogens is 334 g/mol. The average molecular weight is 357 g/mol. The Labute approximate surface area is 159 Å². The molecule has 5 heteroatoms. The second-order valence-electron chi connectivity index (χ2n) is 6.78. The highest BCUT2D eigenvalue weighted by Crippen LogP contribution is 2.30. The first-order valence-corrected chi connectivity index (χ1v) is 9.28. The van der Waals surface area contributed by atoms with Gasteiger partial charge in [-0.05, 0) is 30.9 Å². The molecule has 1 aliphatic rings. The van der Waals surface area contributed by atoms with Gasteiger partial charge in [-0.2, -0.15) is 5.10 Å². The third kappa shape index (κ3) is 4.14. The minimum absolute atomic E-state index is 0.797. The van der Waals surface area contributed by atoms with Crippen molar-refractivity contribution in [2.75, 3.05) is 23.4 Å². The molecule has 1 aromatic heterocycles. The number of aryl methyl sites for hydroxylation is 1. The number of nitrogens with zero attached hydrogens (tertiary/aromatic N) is 4. The van der Waals surface area contributed by atoms with Crippen LogP contribution in [0, 0.1) is 6.92 Å². The highest BCUT2D eigenvalue weighted by Gasteiger charge is 2.23. The molecule has 4 rings (SSSR count). The number of nitrogens with one attached hydrogen (secondary N) is 1. The number of hydrogen-bond acceptors (Lipinski definition) is 5. The Morgan fingerprint density at radius 1 is 1.11 bits per heavy atom. The van der Waals surface area contributed by atoms with Gasteiger partial charge in [0.2, 0.25) is 0 Å². The molecule has 0 atom stereocenters. The summed E-state index contributed by atoms with van der Waals surface area (Å²) >= 11 is 0. The van der Waals surface area contributed by atoms with E-state index in [-0.39, 0.29) is 0 Å². The molecular formula is C22H23N5. The second kappa shape index (κ2) is 7.99. The monoisotopic (exact) mass is 357 g/mol. The largest absolute Gasteiger partial charge is 0.356 e. The number of hydrazone groups is 1. The SMILES string of the molecule is Cc1cccc(C=NNc2ncnc3c2CCN3CCc2ccccc2)c1. The van der Waals surface area contributed by atoms with Gasteiger partial charge in [-0.3, -0.25) is 5.43 Å². The number of rotatable bonds is 6. The van der Waals surface area contributed by atoms with Gasteiger partial charge in [-0.15, -0.1) is 0 Å². The van der Waals surface area contributed by atoms with E-state index in [1.165, 1.54) is 11.1 Å². The molecule has 0 aliphatic carbocycles. The van der Waals surface area contributed by atoms with Crippen molar-refractivity contribution in [1.29, 1.82) is 0 Å². The molecule has 0 fully saturated rings. The van der Waals surface area contributed by atoms with Crippen molar-refractivity contribution >= 4 is 17.9 Å². The fourth-order valence-electron chi connectivity index (χ4n) is 3.40. The summed E-state index contributed by atoms with van der Waals surface area (Å²) in [6, 6.07) is 18.8. The Morgan fingerprint density at radius 3 is 2.85 bits per heavy atom. The molecule has 0 saturated carbocycles. The maximum absolute atomic E-state index is 4.51. The molecule has 5 nitrogen and oxygen atoms in total. The van der Waals surface area contributed by atoms with Crippen LogP contribution >= 0.6 is 0 Å². The first-order chi connectivity index (χ1) is 13.3. The lowest BCUT2D eigenvalue weighted by Crippen LogP contribution is -2.24. The lowest BCUT2D eigenvalue weighted by Gasteiger charge is -2.18. The zero-order chi connectivity index (χ0) is 18.5. The zero-order valence-electron chi connectivity index (χ0n) is 15.5. The van der Waals surface area contributed by atoms with Gasteiger partial charge in [0.25, 0.3) is 0 Å². The summed E-state index contributed by atoms with van der Waals surface area (Å²) in [6.45, 7) is 4.00. The summed E-state index contributed by atoms with van der Waals surface area (Å²) in [5.74, 6) is 1.82. The van der Waals surface area contributed by atoms with E-state index >= 15 is 0 Å². The van der Waals surface area contributed by atoms with Crippen molar-refractivity contribution in [3.63, 3.8) is 0 Å². The van der Waals surface area contributed by atoms with Crippen molar-refractivity contribution in [3.8, 4) is 0 Å². The van der Waals surface area contributed by atoms with Crippen LogP contribution in [0.5, 0.6) is 0 Å². The second-order valence-corrected chi connectivity index (χ2v) is 6.78. The van der Waals surface area contributed by atoms with Gasteiger partial charge < -0.3 is 4.90 Å². The van der Waals surface area contributed by atoms with Gasteiger partial charge in [0.15, 0.2) is 5.82 Å². The van der Waals surface area contributed by atoms with Crippen molar-refractivity contribution in [2.45, 2.75) is 19.8 Å². The molecule has 0 spiro atoms. The summed E-state index contributed by atoms with van der Waals surface area (Å²) in [5.41, 5.74) is 7.88. The van der Waals surface area contributed by atoms with Gasteiger partial charge in [-0.25, -0.2) is 9.97 Å². The number of aromatic nitrogens is 2. The summed E-state index contributed by atoms with van der Waals surface area (Å²) in [5, 5.41) is 4.37. The molecule has 1 N–H and O–H groups in total. The summed E-state index contributed by atoms with van der Waals surface area (Å²) < 4.78 is 0. The zero-order valence-corrected chi connectivity index (χ0v) is 15.5. The van der Waals surface area contributed by atoms with Crippen LogP contribution in [0.25, 0.3) is 0 Å². The minimum atomic E-state index is 0.797. The smallest absolute Gasteiger partial charge is 0.154 e. The summed E-state index contributed by atoms with van der Waals surface area (Å²) in [7, 11) is 0.